The maximum atomic E-state index is 13.0. The van der Waals surface area contributed by atoms with Crippen LogP contribution in [0.25, 0.3) is 0 Å². The molecule has 2 aromatic heterocycles. The predicted molar refractivity (Wildman–Crippen MR) is 102 cm³/mol. The third kappa shape index (κ3) is 3.58. The first kappa shape index (κ1) is 17.3. The average Bonchev–Trinajstić information content (AvgIpc) is 3.26. The average molecular weight is 365 g/mol. The Balaban J connectivity index is 1.48. The number of benzene rings is 1. The Hall–Kier alpha value is -3.09. The fourth-order valence-electron chi connectivity index (χ4n) is 3.44. The minimum Gasteiger partial charge on any atom is -0.361 e. The van der Waals surface area contributed by atoms with Gasteiger partial charge in [-0.25, -0.2) is 4.79 Å². The molecule has 1 aromatic carbocycles. The van der Waals surface area contributed by atoms with Crippen molar-refractivity contribution in [2.75, 3.05) is 18.0 Å². The summed E-state index contributed by atoms with van der Waals surface area (Å²) in [7, 11) is 0. The lowest BCUT2D eigenvalue weighted by Crippen LogP contribution is -2.48. The lowest BCUT2D eigenvalue weighted by atomic mass is 10.2. The first-order valence-corrected chi connectivity index (χ1v) is 9.16. The van der Waals surface area contributed by atoms with E-state index in [1.165, 1.54) is 0 Å². The highest BCUT2D eigenvalue weighted by atomic mass is 16.5. The maximum absolute atomic E-state index is 13.0. The number of amides is 2. The van der Waals surface area contributed by atoms with Gasteiger partial charge in [0.1, 0.15) is 5.76 Å². The van der Waals surface area contributed by atoms with Crippen molar-refractivity contribution in [3.8, 4) is 0 Å². The normalized spacial score (nSPS) is 14.8. The van der Waals surface area contributed by atoms with Crippen LogP contribution in [0.2, 0.25) is 0 Å². The predicted octanol–water partition coefficient (Wildman–Crippen LogP) is 3.37. The van der Waals surface area contributed by atoms with E-state index in [4.69, 9.17) is 4.52 Å². The van der Waals surface area contributed by atoms with E-state index in [0.717, 1.165) is 41.2 Å². The summed E-state index contributed by atoms with van der Waals surface area (Å²) in [5.74, 6) is 0.799. The number of urea groups is 1. The molecular weight excluding hydrogens is 342 g/mol. The van der Waals surface area contributed by atoms with Gasteiger partial charge in [0.15, 0.2) is 0 Å². The summed E-state index contributed by atoms with van der Waals surface area (Å²) in [6.07, 6.45) is 4.60. The summed E-state index contributed by atoms with van der Waals surface area (Å²) in [6, 6.07) is 10.1. The van der Waals surface area contributed by atoms with Crippen molar-refractivity contribution in [2.45, 2.75) is 33.4 Å². The molecule has 0 N–H and O–H groups in total. The summed E-state index contributed by atoms with van der Waals surface area (Å²) >= 11 is 0. The van der Waals surface area contributed by atoms with Crippen LogP contribution < -0.4 is 4.90 Å². The van der Waals surface area contributed by atoms with Crippen LogP contribution in [0.15, 0.2) is 47.2 Å². The molecule has 2 amide bonds. The number of hydrogen-bond acceptors (Lipinski definition) is 4. The molecule has 1 aliphatic heterocycles. The van der Waals surface area contributed by atoms with E-state index in [1.54, 1.807) is 6.20 Å². The first-order valence-electron chi connectivity index (χ1n) is 9.16. The fraction of sp³-hybridized carbons (Fsp3) is 0.350. The van der Waals surface area contributed by atoms with Crippen LogP contribution in [0.3, 0.4) is 0 Å². The first-order chi connectivity index (χ1) is 13.1. The maximum Gasteiger partial charge on any atom is 0.324 e. The Morgan fingerprint density at radius 1 is 1.11 bits per heavy atom. The monoisotopic (exact) mass is 365 g/mol. The minimum atomic E-state index is 0.0296. The summed E-state index contributed by atoms with van der Waals surface area (Å²) in [6.45, 7) is 6.51. The summed E-state index contributed by atoms with van der Waals surface area (Å²) < 4.78 is 7.04. The van der Waals surface area contributed by atoms with Crippen LogP contribution in [0.4, 0.5) is 10.5 Å². The molecule has 1 aliphatic rings. The zero-order valence-electron chi connectivity index (χ0n) is 15.6. The zero-order chi connectivity index (χ0) is 18.8. The van der Waals surface area contributed by atoms with Crippen molar-refractivity contribution in [1.82, 2.24) is 19.8 Å². The number of carbonyl (C=O) groups is 1. The summed E-state index contributed by atoms with van der Waals surface area (Å²) in [5, 5.41) is 8.41. The zero-order valence-corrected chi connectivity index (χ0v) is 15.6. The van der Waals surface area contributed by atoms with Crippen LogP contribution in [-0.4, -0.2) is 39.0 Å². The number of rotatable bonds is 5. The minimum absolute atomic E-state index is 0.0296. The summed E-state index contributed by atoms with van der Waals surface area (Å²) in [5.41, 5.74) is 3.86. The van der Waals surface area contributed by atoms with Crippen LogP contribution in [0, 0.1) is 13.8 Å². The Labute approximate surface area is 158 Å². The number of hydrogen-bond donors (Lipinski definition) is 0. The topological polar surface area (TPSA) is 67.4 Å². The molecule has 7 heteroatoms. The molecule has 0 aliphatic carbocycles. The van der Waals surface area contributed by atoms with Gasteiger partial charge in [-0.1, -0.05) is 35.5 Å². The lowest BCUT2D eigenvalue weighted by molar-refractivity contribution is 0.192. The molecule has 1 saturated heterocycles. The van der Waals surface area contributed by atoms with Crippen molar-refractivity contribution in [3.63, 3.8) is 0 Å². The van der Waals surface area contributed by atoms with E-state index in [-0.39, 0.29) is 6.03 Å². The number of anilines is 1. The van der Waals surface area contributed by atoms with Gasteiger partial charge in [0, 0.05) is 31.4 Å². The number of aromatic nitrogens is 3. The van der Waals surface area contributed by atoms with Crippen LogP contribution in [-0.2, 0) is 13.1 Å². The highest BCUT2D eigenvalue weighted by molar-refractivity contribution is 5.92. The van der Waals surface area contributed by atoms with Crippen molar-refractivity contribution in [2.24, 2.45) is 0 Å². The van der Waals surface area contributed by atoms with Crippen molar-refractivity contribution >= 4 is 11.7 Å². The van der Waals surface area contributed by atoms with E-state index >= 15 is 0 Å². The van der Waals surface area contributed by atoms with Gasteiger partial charge in [0.05, 0.1) is 24.1 Å². The van der Waals surface area contributed by atoms with Gasteiger partial charge < -0.3 is 9.42 Å². The second-order valence-electron chi connectivity index (χ2n) is 6.89. The van der Waals surface area contributed by atoms with Gasteiger partial charge in [-0.2, -0.15) is 5.10 Å². The molecule has 140 valence electrons. The standard InChI is InChI=1S/C20H23N5O2/c1-15-19(16(2)27-22-15)14-24-13-18(11-21-24)25-10-6-9-23(20(25)26)12-17-7-4-3-5-8-17/h3-5,7-8,11,13H,6,9-10,12,14H2,1-2H3. The molecule has 3 heterocycles. The Bertz CT molecular complexity index is 912. The third-order valence-corrected chi connectivity index (χ3v) is 4.96. The molecule has 0 unspecified atom stereocenters. The van der Waals surface area contributed by atoms with E-state index in [2.05, 4.69) is 10.3 Å². The smallest absolute Gasteiger partial charge is 0.324 e. The van der Waals surface area contributed by atoms with Crippen LogP contribution in [0.1, 0.15) is 29.0 Å². The van der Waals surface area contributed by atoms with Gasteiger partial charge in [0.25, 0.3) is 0 Å². The van der Waals surface area contributed by atoms with Crippen LogP contribution in [0.5, 0.6) is 0 Å². The quantitative estimate of drug-likeness (QED) is 0.695. The van der Waals surface area contributed by atoms with Gasteiger partial charge in [0.2, 0.25) is 0 Å². The Kier molecular flexibility index (Phi) is 4.66. The third-order valence-electron chi connectivity index (χ3n) is 4.96. The lowest BCUT2D eigenvalue weighted by Gasteiger charge is -2.35. The second kappa shape index (κ2) is 7.26. The molecule has 0 spiro atoms. The summed E-state index contributed by atoms with van der Waals surface area (Å²) in [4.78, 5) is 16.7. The highest BCUT2D eigenvalue weighted by Crippen LogP contribution is 2.22. The molecule has 3 aromatic rings. The van der Waals surface area contributed by atoms with Gasteiger partial charge in [-0.3, -0.25) is 9.58 Å². The van der Waals surface area contributed by atoms with E-state index in [1.807, 2.05) is 64.9 Å². The van der Waals surface area contributed by atoms with Gasteiger partial charge in [-0.05, 0) is 25.8 Å². The molecule has 0 atom stereocenters. The molecule has 0 bridgehead atoms. The SMILES string of the molecule is Cc1noc(C)c1Cn1cc(N2CCCN(Cc3ccccc3)C2=O)cn1. The fourth-order valence-corrected chi connectivity index (χ4v) is 3.44. The molecule has 0 radical (unpaired) electrons. The number of nitrogens with zero attached hydrogens (tertiary/aromatic N) is 5. The molecule has 1 fully saturated rings. The largest absolute Gasteiger partial charge is 0.361 e. The Morgan fingerprint density at radius 2 is 1.93 bits per heavy atom. The van der Waals surface area contributed by atoms with E-state index in [0.29, 0.717) is 19.6 Å². The second-order valence-corrected chi connectivity index (χ2v) is 6.89. The van der Waals surface area contributed by atoms with Crippen LogP contribution >= 0.6 is 0 Å². The van der Waals surface area contributed by atoms with E-state index < -0.39 is 0 Å². The molecule has 4 rings (SSSR count). The molecule has 7 nitrogen and oxygen atoms in total. The Morgan fingerprint density at radius 3 is 2.67 bits per heavy atom. The number of carbonyl (C=O) groups excluding carboxylic acids is 1. The number of aryl methyl sites for hydroxylation is 2. The molecule has 0 saturated carbocycles. The molecular formula is C20H23N5O2. The van der Waals surface area contributed by atoms with Crippen molar-refractivity contribution in [3.05, 3.63) is 65.3 Å². The molecule has 27 heavy (non-hydrogen) atoms. The van der Waals surface area contributed by atoms with E-state index in [9.17, 15) is 4.79 Å². The van der Waals surface area contributed by atoms with Crippen molar-refractivity contribution in [1.29, 1.82) is 0 Å². The van der Waals surface area contributed by atoms with Gasteiger partial charge >= 0.3 is 6.03 Å². The highest BCUT2D eigenvalue weighted by Gasteiger charge is 2.27. The van der Waals surface area contributed by atoms with Crippen molar-refractivity contribution < 1.29 is 9.32 Å². The van der Waals surface area contributed by atoms with Gasteiger partial charge in [-0.15, -0.1) is 0 Å².